The van der Waals surface area contributed by atoms with Crippen molar-refractivity contribution in [2.24, 2.45) is 5.73 Å². The summed E-state index contributed by atoms with van der Waals surface area (Å²) in [5, 5.41) is 3.70. The lowest BCUT2D eigenvalue weighted by molar-refractivity contribution is -0.131. The van der Waals surface area contributed by atoms with Crippen molar-refractivity contribution < 1.29 is 9.53 Å². The van der Waals surface area contributed by atoms with Gasteiger partial charge in [0.2, 0.25) is 0 Å². The van der Waals surface area contributed by atoms with Gasteiger partial charge in [-0.2, -0.15) is 0 Å². The zero-order valence-corrected chi connectivity index (χ0v) is 10.5. The molecule has 2 unspecified atom stereocenters. The predicted molar refractivity (Wildman–Crippen MR) is 63.3 cm³/mol. The summed E-state index contributed by atoms with van der Waals surface area (Å²) < 4.78 is 4.95. The fourth-order valence-corrected chi connectivity index (χ4v) is 2.03. The van der Waals surface area contributed by atoms with Gasteiger partial charge < -0.3 is 15.8 Å². The molecule has 2 atom stereocenters. The Kier molecular flexibility index (Phi) is 4.85. The van der Waals surface area contributed by atoms with Crippen LogP contribution in [0.2, 0.25) is 0 Å². The van der Waals surface area contributed by atoms with Gasteiger partial charge in [0.05, 0.1) is 6.04 Å². The molecule has 1 heterocycles. The number of carbonyl (C=O) groups is 1. The van der Waals surface area contributed by atoms with Gasteiger partial charge in [0.25, 0.3) is 5.91 Å². The summed E-state index contributed by atoms with van der Waals surface area (Å²) in [5.41, 5.74) is 5.40. The third-order valence-corrected chi connectivity index (χ3v) is 3.25. The van der Waals surface area contributed by atoms with E-state index in [9.17, 15) is 4.79 Å². The Balaban J connectivity index is 2.57. The molecule has 0 aliphatic rings. The molecule has 90 valence electrons. The van der Waals surface area contributed by atoms with Crippen LogP contribution in [0, 0.1) is 6.92 Å². The summed E-state index contributed by atoms with van der Waals surface area (Å²) >= 11 is 1.57. The van der Waals surface area contributed by atoms with Crippen LogP contribution in [0.15, 0.2) is 6.20 Å². The Hall–Kier alpha value is -0.980. The van der Waals surface area contributed by atoms with Gasteiger partial charge in [0, 0.05) is 24.7 Å². The zero-order valence-electron chi connectivity index (χ0n) is 9.69. The Labute approximate surface area is 99.0 Å². The quantitative estimate of drug-likeness (QED) is 0.794. The molecule has 0 aliphatic carbocycles. The van der Waals surface area contributed by atoms with Crippen LogP contribution in [0.3, 0.4) is 0 Å². The summed E-state index contributed by atoms with van der Waals surface area (Å²) in [4.78, 5) is 17.0. The lowest BCUT2D eigenvalue weighted by Gasteiger charge is -2.16. The molecule has 0 fully saturated rings. The summed E-state index contributed by atoms with van der Waals surface area (Å²) in [5.74, 6) is -0.203. The Morgan fingerprint density at radius 1 is 1.75 bits per heavy atom. The van der Waals surface area contributed by atoms with Crippen molar-refractivity contribution in [1.82, 2.24) is 10.3 Å². The number of thiazole rings is 1. The molecular formula is C10H17N3O2S. The van der Waals surface area contributed by atoms with Crippen LogP contribution in [0.5, 0.6) is 0 Å². The van der Waals surface area contributed by atoms with E-state index in [2.05, 4.69) is 10.3 Å². The van der Waals surface area contributed by atoms with E-state index in [1.807, 2.05) is 13.8 Å². The molecule has 0 bridgehead atoms. The number of amides is 1. The summed E-state index contributed by atoms with van der Waals surface area (Å²) in [6.07, 6.45) is 1.20. The Morgan fingerprint density at radius 3 is 2.88 bits per heavy atom. The van der Waals surface area contributed by atoms with E-state index in [1.165, 1.54) is 7.11 Å². The number of hydrogen-bond donors (Lipinski definition) is 2. The van der Waals surface area contributed by atoms with Crippen molar-refractivity contribution in [2.45, 2.75) is 26.0 Å². The van der Waals surface area contributed by atoms with Gasteiger partial charge >= 0.3 is 0 Å². The maximum atomic E-state index is 11.7. The molecule has 0 aliphatic heterocycles. The highest BCUT2D eigenvalue weighted by Gasteiger charge is 2.19. The molecule has 3 N–H and O–H groups in total. The lowest BCUT2D eigenvalue weighted by atomic mass is 10.3. The normalized spacial score (nSPS) is 14.5. The van der Waals surface area contributed by atoms with Crippen LogP contribution in [-0.4, -0.2) is 30.6 Å². The van der Waals surface area contributed by atoms with Crippen LogP contribution < -0.4 is 11.1 Å². The Bertz CT molecular complexity index is 350. The van der Waals surface area contributed by atoms with Crippen LogP contribution in [0.4, 0.5) is 0 Å². The first kappa shape index (κ1) is 13.1. The maximum absolute atomic E-state index is 11.7. The third-order valence-electron chi connectivity index (χ3n) is 2.16. The highest BCUT2D eigenvalue weighted by molar-refractivity contribution is 7.11. The first-order chi connectivity index (χ1) is 7.58. The minimum absolute atomic E-state index is 0.115. The second kappa shape index (κ2) is 5.93. The van der Waals surface area contributed by atoms with Gasteiger partial charge in [-0.1, -0.05) is 0 Å². The van der Waals surface area contributed by atoms with Crippen LogP contribution in [0.25, 0.3) is 0 Å². The second-order valence-electron chi connectivity index (χ2n) is 3.50. The van der Waals surface area contributed by atoms with E-state index in [0.29, 0.717) is 0 Å². The number of nitrogens with zero attached hydrogens (tertiary/aromatic N) is 1. The van der Waals surface area contributed by atoms with Gasteiger partial charge in [-0.15, -0.1) is 11.3 Å². The van der Waals surface area contributed by atoms with E-state index in [0.717, 1.165) is 9.88 Å². The van der Waals surface area contributed by atoms with Crippen molar-refractivity contribution in [3.05, 3.63) is 16.1 Å². The topological polar surface area (TPSA) is 77.2 Å². The predicted octanol–water partition coefficient (Wildman–Crippen LogP) is 0.602. The zero-order chi connectivity index (χ0) is 12.1. The highest BCUT2D eigenvalue weighted by Crippen LogP contribution is 2.18. The Morgan fingerprint density at radius 2 is 2.44 bits per heavy atom. The van der Waals surface area contributed by atoms with E-state index in [1.54, 1.807) is 17.5 Å². The number of nitrogens with two attached hydrogens (primary N) is 1. The van der Waals surface area contributed by atoms with Gasteiger partial charge in [0.1, 0.15) is 11.1 Å². The number of ether oxygens (including phenoxy) is 1. The molecule has 1 rings (SSSR count). The van der Waals surface area contributed by atoms with Crippen LogP contribution in [0.1, 0.15) is 22.9 Å². The molecule has 0 aromatic carbocycles. The van der Waals surface area contributed by atoms with Crippen molar-refractivity contribution in [3.63, 3.8) is 0 Å². The van der Waals surface area contributed by atoms with Gasteiger partial charge in [-0.05, 0) is 13.8 Å². The number of rotatable bonds is 5. The molecule has 1 aromatic heterocycles. The molecule has 1 amide bonds. The maximum Gasteiger partial charge on any atom is 0.250 e. The number of carbonyl (C=O) groups excluding carboxylic acids is 1. The van der Waals surface area contributed by atoms with E-state index < -0.39 is 6.10 Å². The number of nitrogens with one attached hydrogen (secondary N) is 1. The summed E-state index contributed by atoms with van der Waals surface area (Å²) in [6, 6.07) is -0.115. The van der Waals surface area contributed by atoms with Crippen molar-refractivity contribution in [3.8, 4) is 0 Å². The molecule has 16 heavy (non-hydrogen) atoms. The van der Waals surface area contributed by atoms with Gasteiger partial charge in [0.15, 0.2) is 0 Å². The summed E-state index contributed by atoms with van der Waals surface area (Å²) in [6.45, 7) is 4.04. The molecule has 5 nitrogen and oxygen atoms in total. The molecule has 0 spiro atoms. The monoisotopic (exact) mass is 243 g/mol. The van der Waals surface area contributed by atoms with E-state index in [-0.39, 0.29) is 18.5 Å². The van der Waals surface area contributed by atoms with Crippen LogP contribution >= 0.6 is 11.3 Å². The molecule has 0 saturated carbocycles. The standard InChI is InChI=1S/C10H17N3O2S/c1-6-5-12-10(16-6)7(2)13-9(14)8(4-11)15-3/h5,7-8H,4,11H2,1-3H3,(H,13,14). The molecule has 0 saturated heterocycles. The fraction of sp³-hybridized carbons (Fsp3) is 0.600. The van der Waals surface area contributed by atoms with Crippen molar-refractivity contribution in [2.75, 3.05) is 13.7 Å². The molecule has 1 aromatic rings. The number of aromatic nitrogens is 1. The first-order valence-corrected chi connectivity index (χ1v) is 5.85. The van der Waals surface area contributed by atoms with E-state index in [4.69, 9.17) is 10.5 Å². The average Bonchev–Trinajstić information content (AvgIpc) is 2.66. The second-order valence-corrected chi connectivity index (χ2v) is 4.77. The first-order valence-electron chi connectivity index (χ1n) is 5.04. The number of aryl methyl sites for hydroxylation is 1. The SMILES string of the molecule is COC(CN)C(=O)NC(C)c1ncc(C)s1. The van der Waals surface area contributed by atoms with Crippen molar-refractivity contribution in [1.29, 1.82) is 0 Å². The lowest BCUT2D eigenvalue weighted by Crippen LogP contribution is -2.41. The average molecular weight is 243 g/mol. The molecule has 0 radical (unpaired) electrons. The number of hydrogen-bond acceptors (Lipinski definition) is 5. The third kappa shape index (κ3) is 3.26. The minimum atomic E-state index is -0.594. The van der Waals surface area contributed by atoms with Crippen molar-refractivity contribution >= 4 is 17.2 Å². The largest absolute Gasteiger partial charge is 0.370 e. The van der Waals surface area contributed by atoms with Gasteiger partial charge in [-0.3, -0.25) is 4.79 Å². The highest BCUT2D eigenvalue weighted by atomic mass is 32.1. The van der Waals surface area contributed by atoms with Gasteiger partial charge in [-0.25, -0.2) is 4.98 Å². The van der Waals surface area contributed by atoms with Crippen LogP contribution in [-0.2, 0) is 9.53 Å². The fourth-order valence-electron chi connectivity index (χ4n) is 1.25. The summed E-state index contributed by atoms with van der Waals surface area (Å²) in [7, 11) is 1.47. The smallest absolute Gasteiger partial charge is 0.250 e. The molecular weight excluding hydrogens is 226 g/mol. The minimum Gasteiger partial charge on any atom is -0.370 e. The number of methoxy groups -OCH3 is 1. The molecule has 6 heteroatoms. The van der Waals surface area contributed by atoms with E-state index >= 15 is 0 Å².